The molecule has 8 heteroatoms. The van der Waals surface area contributed by atoms with Crippen molar-refractivity contribution in [3.63, 3.8) is 0 Å². The first-order valence-corrected chi connectivity index (χ1v) is 17.1. The summed E-state index contributed by atoms with van der Waals surface area (Å²) in [7, 11) is 2.67. The van der Waals surface area contributed by atoms with Crippen LogP contribution >= 0.6 is 0 Å². The van der Waals surface area contributed by atoms with Crippen LogP contribution < -0.4 is 15.0 Å². The number of rotatable bonds is 9. The lowest BCUT2D eigenvalue weighted by molar-refractivity contribution is -0.0980. The average Bonchev–Trinajstić information content (AvgIpc) is 3.19. The molecule has 6 rings (SSSR count). The second kappa shape index (κ2) is 20.0. The third-order valence-corrected chi connectivity index (χ3v) is 7.80. The van der Waals surface area contributed by atoms with Crippen LogP contribution in [0.4, 0.5) is 11.5 Å². The predicted octanol–water partition coefficient (Wildman–Crippen LogP) is 9.71. The van der Waals surface area contributed by atoms with Gasteiger partial charge in [-0.2, -0.15) is 5.26 Å². The Kier molecular flexibility index (Phi) is 15.5. The molecule has 6 aromatic rings. The molecule has 4 aromatic carbocycles. The van der Waals surface area contributed by atoms with Gasteiger partial charge in [-0.05, 0) is 66.6 Å². The number of aromatic nitrogens is 2. The SMILES string of the molecule is C=O.CC.CO.COc1ccc(CN(Cc2ccccc2)c2nc(C#N)c(-c3cncc(NC(C)(C)C)c3)c3cccc(-c4ccccc4)c23)cc1. The Hall–Kier alpha value is -6.04. The van der Waals surface area contributed by atoms with Crippen LogP contribution in [0, 0.1) is 11.3 Å². The van der Waals surface area contributed by atoms with Crippen molar-refractivity contribution in [3.8, 4) is 34.1 Å². The number of benzene rings is 4. The Morgan fingerprint density at radius 2 is 1.40 bits per heavy atom. The van der Waals surface area contributed by atoms with E-state index >= 15 is 0 Å². The van der Waals surface area contributed by atoms with Crippen LogP contribution in [0.1, 0.15) is 51.4 Å². The van der Waals surface area contributed by atoms with E-state index in [1.807, 2.05) is 57.3 Å². The van der Waals surface area contributed by atoms with Crippen molar-refractivity contribution in [2.75, 3.05) is 24.4 Å². The van der Waals surface area contributed by atoms with Crippen molar-refractivity contribution in [1.82, 2.24) is 9.97 Å². The maximum absolute atomic E-state index is 10.6. The van der Waals surface area contributed by atoms with Crippen molar-refractivity contribution >= 4 is 29.1 Å². The fourth-order valence-corrected chi connectivity index (χ4v) is 5.85. The number of methoxy groups -OCH3 is 1. The molecular formula is C44H49N5O3. The zero-order valence-electron chi connectivity index (χ0n) is 31.2. The van der Waals surface area contributed by atoms with Gasteiger partial charge in [-0.3, -0.25) is 4.98 Å². The highest BCUT2D eigenvalue weighted by atomic mass is 16.5. The fraction of sp³-hybridized carbons (Fsp3) is 0.227. The molecule has 2 heterocycles. The van der Waals surface area contributed by atoms with E-state index in [-0.39, 0.29) is 5.54 Å². The van der Waals surface area contributed by atoms with E-state index < -0.39 is 0 Å². The van der Waals surface area contributed by atoms with Crippen molar-refractivity contribution in [2.24, 2.45) is 0 Å². The van der Waals surface area contributed by atoms with Gasteiger partial charge in [0, 0.05) is 54.6 Å². The molecule has 0 unspecified atom stereocenters. The maximum Gasteiger partial charge on any atom is 0.151 e. The Morgan fingerprint density at radius 3 is 1.98 bits per heavy atom. The molecule has 2 N–H and O–H groups in total. The van der Waals surface area contributed by atoms with Crippen LogP contribution in [-0.4, -0.2) is 41.6 Å². The minimum absolute atomic E-state index is 0.150. The van der Waals surface area contributed by atoms with Gasteiger partial charge in [0.15, 0.2) is 5.69 Å². The molecule has 0 radical (unpaired) electrons. The number of aliphatic hydroxyl groups excluding tert-OH is 1. The molecule has 8 nitrogen and oxygen atoms in total. The molecule has 0 aliphatic rings. The van der Waals surface area contributed by atoms with Crippen molar-refractivity contribution < 1.29 is 14.6 Å². The lowest BCUT2D eigenvalue weighted by Crippen LogP contribution is -2.26. The summed E-state index contributed by atoms with van der Waals surface area (Å²) in [5.41, 5.74) is 7.09. The Balaban J connectivity index is 0.00000116. The number of hydrogen-bond acceptors (Lipinski definition) is 8. The highest BCUT2D eigenvalue weighted by Gasteiger charge is 2.23. The van der Waals surface area contributed by atoms with Gasteiger partial charge in [0.1, 0.15) is 24.4 Å². The molecular weight excluding hydrogens is 647 g/mol. The zero-order chi connectivity index (χ0) is 38.1. The number of nitrogens with zero attached hydrogens (tertiary/aromatic N) is 4. The highest BCUT2D eigenvalue weighted by molar-refractivity contribution is 6.11. The number of carbonyl (C=O) groups excluding carboxylic acids is 1. The normalized spacial score (nSPS) is 10.2. The molecule has 0 aliphatic heterocycles. The van der Waals surface area contributed by atoms with E-state index in [0.717, 1.165) is 68.5 Å². The van der Waals surface area contributed by atoms with Crippen molar-refractivity contribution in [1.29, 1.82) is 5.26 Å². The van der Waals surface area contributed by atoms with E-state index in [9.17, 15) is 5.26 Å². The van der Waals surface area contributed by atoms with Crippen LogP contribution in [0.15, 0.2) is 122 Å². The van der Waals surface area contributed by atoms with Crippen molar-refractivity contribution in [3.05, 3.63) is 138 Å². The highest BCUT2D eigenvalue weighted by Crippen LogP contribution is 2.42. The Bertz CT molecular complexity index is 2020. The van der Waals surface area contributed by atoms with Crippen LogP contribution in [0.25, 0.3) is 33.0 Å². The minimum atomic E-state index is -0.150. The van der Waals surface area contributed by atoms with Gasteiger partial charge in [-0.15, -0.1) is 0 Å². The number of nitriles is 1. The molecule has 0 spiro atoms. The van der Waals surface area contributed by atoms with Gasteiger partial charge in [-0.1, -0.05) is 105 Å². The monoisotopic (exact) mass is 695 g/mol. The summed E-state index contributed by atoms with van der Waals surface area (Å²) in [6.45, 7) is 13.5. The number of ether oxygens (including phenoxy) is 1. The molecule has 0 amide bonds. The van der Waals surface area contributed by atoms with Gasteiger partial charge in [0.25, 0.3) is 0 Å². The maximum atomic E-state index is 10.6. The number of fused-ring (bicyclic) bond motifs is 1. The number of hydrogen-bond donors (Lipinski definition) is 2. The number of aliphatic hydroxyl groups is 1. The number of carbonyl (C=O) groups is 1. The molecule has 2 aromatic heterocycles. The van der Waals surface area contributed by atoms with E-state index in [2.05, 4.69) is 127 Å². The Labute approximate surface area is 308 Å². The average molecular weight is 696 g/mol. The first-order chi connectivity index (χ1) is 25.3. The summed E-state index contributed by atoms with van der Waals surface area (Å²) in [5, 5.41) is 23.1. The van der Waals surface area contributed by atoms with Gasteiger partial charge in [-0.25, -0.2) is 4.98 Å². The number of pyridine rings is 2. The van der Waals surface area contributed by atoms with Crippen LogP contribution in [-0.2, 0) is 17.9 Å². The van der Waals surface area contributed by atoms with E-state index in [1.165, 1.54) is 0 Å². The van der Waals surface area contributed by atoms with Gasteiger partial charge < -0.3 is 24.9 Å². The summed E-state index contributed by atoms with van der Waals surface area (Å²) >= 11 is 0. The Morgan fingerprint density at radius 1 is 0.808 bits per heavy atom. The summed E-state index contributed by atoms with van der Waals surface area (Å²) in [6.07, 6.45) is 3.63. The second-order valence-corrected chi connectivity index (χ2v) is 12.4. The van der Waals surface area contributed by atoms with Crippen molar-refractivity contribution in [2.45, 2.75) is 53.2 Å². The summed E-state index contributed by atoms with van der Waals surface area (Å²) in [4.78, 5) is 20.0. The van der Waals surface area contributed by atoms with E-state index in [1.54, 1.807) is 7.11 Å². The zero-order valence-corrected chi connectivity index (χ0v) is 31.2. The van der Waals surface area contributed by atoms with Crippen LogP contribution in [0.2, 0.25) is 0 Å². The minimum Gasteiger partial charge on any atom is -0.497 e. The third kappa shape index (κ3) is 10.3. The fourth-order valence-electron chi connectivity index (χ4n) is 5.85. The molecule has 52 heavy (non-hydrogen) atoms. The molecule has 0 atom stereocenters. The lowest BCUT2D eigenvalue weighted by atomic mass is 9.92. The van der Waals surface area contributed by atoms with Gasteiger partial charge >= 0.3 is 0 Å². The molecule has 0 fully saturated rings. The summed E-state index contributed by atoms with van der Waals surface area (Å²) in [5.74, 6) is 1.56. The van der Waals surface area contributed by atoms with Gasteiger partial charge in [0.2, 0.25) is 0 Å². The number of nitrogens with one attached hydrogen (secondary N) is 1. The lowest BCUT2D eigenvalue weighted by Gasteiger charge is -2.28. The molecule has 0 aliphatic carbocycles. The molecule has 0 saturated heterocycles. The van der Waals surface area contributed by atoms with E-state index in [0.29, 0.717) is 18.8 Å². The molecule has 0 bridgehead atoms. The number of anilines is 2. The van der Waals surface area contributed by atoms with Crippen LogP contribution in [0.5, 0.6) is 5.75 Å². The molecule has 0 saturated carbocycles. The largest absolute Gasteiger partial charge is 0.497 e. The van der Waals surface area contributed by atoms with Crippen LogP contribution in [0.3, 0.4) is 0 Å². The summed E-state index contributed by atoms with van der Waals surface area (Å²) in [6, 6.07) is 39.7. The first-order valence-electron chi connectivity index (χ1n) is 17.1. The third-order valence-electron chi connectivity index (χ3n) is 7.80. The standard InChI is InChI=1S/C40H37N5O.C2H6.CH4O.CH2O/c1-40(2,3)44-32-22-31(24-42-25-32)37-35-17-11-16-34(30-14-9-6-10-15-30)38(35)39(43-36(37)23-41)45(26-28-12-7-5-8-13-28)27-29-18-20-33(46-4)21-19-29;3*1-2/h5-22,24-25,44H,26-27H2,1-4H3;1-2H3;2H,1H3;1H2. The summed E-state index contributed by atoms with van der Waals surface area (Å²) < 4.78 is 5.43. The van der Waals surface area contributed by atoms with Gasteiger partial charge in [0.05, 0.1) is 12.8 Å². The quantitative estimate of drug-likeness (QED) is 0.154. The predicted molar refractivity (Wildman–Crippen MR) is 214 cm³/mol. The van der Waals surface area contributed by atoms with E-state index in [4.69, 9.17) is 19.6 Å². The smallest absolute Gasteiger partial charge is 0.151 e. The molecule has 268 valence electrons. The second-order valence-electron chi connectivity index (χ2n) is 12.4. The first kappa shape index (κ1) is 40.4. The topological polar surface area (TPSA) is 111 Å².